The minimum Gasteiger partial charge on any atom is -0.503 e. The first-order chi connectivity index (χ1) is 14.2. The summed E-state index contributed by atoms with van der Waals surface area (Å²) >= 11 is 1.30. The molecular weight excluding hydrogens is 390 g/mol. The van der Waals surface area contributed by atoms with Crippen LogP contribution in [0.2, 0.25) is 0 Å². The predicted molar refractivity (Wildman–Crippen MR) is 108 cm³/mol. The number of aromatic nitrogens is 1. The number of hydrogen-bond donors (Lipinski definition) is 2. The average molecular weight is 415 g/mol. The highest BCUT2D eigenvalue weighted by atomic mass is 32.1. The number of nitrogens with one attached hydrogen (secondary N) is 1. The minimum atomic E-state index is -0.669. The Bertz CT molecular complexity index is 892. The van der Waals surface area contributed by atoms with Gasteiger partial charge in [-0.3, -0.25) is 14.6 Å². The summed E-state index contributed by atoms with van der Waals surface area (Å²) in [5.41, 5.74) is 0.707. The first kappa shape index (κ1) is 19.8. The summed E-state index contributed by atoms with van der Waals surface area (Å²) < 4.78 is 5.39. The Morgan fingerprint density at radius 2 is 2.10 bits per heavy atom. The van der Waals surface area contributed by atoms with E-state index < -0.39 is 17.7 Å². The van der Waals surface area contributed by atoms with Crippen LogP contribution in [0.25, 0.3) is 0 Å². The fourth-order valence-corrected chi connectivity index (χ4v) is 4.59. The van der Waals surface area contributed by atoms with Crippen molar-refractivity contribution in [3.63, 3.8) is 0 Å². The molecule has 29 heavy (non-hydrogen) atoms. The summed E-state index contributed by atoms with van der Waals surface area (Å²) in [7, 11) is 0. The van der Waals surface area contributed by atoms with Gasteiger partial charge in [0.05, 0.1) is 35.9 Å². The van der Waals surface area contributed by atoms with Gasteiger partial charge in [0.1, 0.15) is 19.1 Å². The van der Waals surface area contributed by atoms with Gasteiger partial charge >= 0.3 is 0 Å². The second-order valence-corrected chi connectivity index (χ2v) is 8.14. The number of aliphatic hydroxyl groups excluding tert-OH is 1. The lowest BCUT2D eigenvalue weighted by atomic mass is 9.99. The maximum absolute atomic E-state index is 13.1. The molecule has 0 radical (unpaired) electrons. The number of ether oxygens (including phenoxy) is 1. The van der Waals surface area contributed by atoms with E-state index in [0.717, 1.165) is 39.3 Å². The second kappa shape index (κ2) is 8.86. The van der Waals surface area contributed by atoms with Gasteiger partial charge in [0, 0.05) is 19.2 Å². The summed E-state index contributed by atoms with van der Waals surface area (Å²) in [5.74, 6) is -1.28. The number of amides is 1. The van der Waals surface area contributed by atoms with Crippen LogP contribution >= 0.6 is 11.3 Å². The van der Waals surface area contributed by atoms with Crippen molar-refractivity contribution >= 4 is 23.0 Å². The molecule has 1 saturated heterocycles. The molecule has 0 saturated carbocycles. The third-order valence-corrected chi connectivity index (χ3v) is 6.26. The molecule has 2 aromatic rings. The molecule has 0 spiro atoms. The van der Waals surface area contributed by atoms with Crippen molar-refractivity contribution in [2.24, 2.45) is 0 Å². The van der Waals surface area contributed by atoms with E-state index in [1.807, 2.05) is 6.07 Å². The van der Waals surface area contributed by atoms with Crippen molar-refractivity contribution in [1.82, 2.24) is 9.88 Å². The summed E-state index contributed by atoms with van der Waals surface area (Å²) in [6.45, 7) is 4.81. The van der Waals surface area contributed by atoms with Gasteiger partial charge in [-0.2, -0.15) is 0 Å². The topological polar surface area (TPSA) is 84.2 Å². The van der Waals surface area contributed by atoms with Crippen LogP contribution in [0.3, 0.4) is 0 Å². The van der Waals surface area contributed by atoms with Gasteiger partial charge in [0.25, 0.3) is 5.91 Å². The van der Waals surface area contributed by atoms with E-state index in [4.69, 9.17) is 4.74 Å². The molecule has 1 atom stereocenters. The number of quaternary nitrogens is 1. The lowest BCUT2D eigenvalue weighted by molar-refractivity contribution is -0.908. The highest BCUT2D eigenvalue weighted by Gasteiger charge is 2.44. The third kappa shape index (κ3) is 4.10. The number of thiophene rings is 1. The van der Waals surface area contributed by atoms with Crippen molar-refractivity contribution in [2.45, 2.75) is 12.5 Å². The van der Waals surface area contributed by atoms with E-state index in [2.05, 4.69) is 4.98 Å². The summed E-state index contributed by atoms with van der Waals surface area (Å²) in [5, 5.41) is 12.4. The smallest absolute Gasteiger partial charge is 0.290 e. The van der Waals surface area contributed by atoms with Gasteiger partial charge in [-0.05, 0) is 23.6 Å². The normalized spacial score (nSPS) is 20.5. The van der Waals surface area contributed by atoms with Crippen molar-refractivity contribution in [3.8, 4) is 0 Å². The number of ketones is 1. The van der Waals surface area contributed by atoms with E-state index in [9.17, 15) is 14.7 Å². The van der Waals surface area contributed by atoms with Gasteiger partial charge < -0.3 is 19.6 Å². The number of aliphatic hydroxyl groups is 1. The lowest BCUT2D eigenvalue weighted by Crippen LogP contribution is -3.14. The minimum absolute atomic E-state index is 0.120. The fraction of sp³-hybridized carbons (Fsp3) is 0.381. The Morgan fingerprint density at radius 3 is 2.79 bits per heavy atom. The van der Waals surface area contributed by atoms with Crippen molar-refractivity contribution in [3.05, 3.63) is 63.8 Å². The predicted octanol–water partition coefficient (Wildman–Crippen LogP) is 1.03. The van der Waals surface area contributed by atoms with Crippen LogP contribution < -0.4 is 4.90 Å². The van der Waals surface area contributed by atoms with Crippen molar-refractivity contribution in [1.29, 1.82) is 0 Å². The van der Waals surface area contributed by atoms with E-state index >= 15 is 0 Å². The Balaban J connectivity index is 1.57. The number of pyridine rings is 1. The molecule has 2 aliphatic heterocycles. The number of carbonyl (C=O) groups is 2. The number of nitrogens with zero attached hydrogens (tertiary/aromatic N) is 2. The van der Waals surface area contributed by atoms with Gasteiger partial charge in [-0.25, -0.2) is 0 Å². The molecule has 0 aliphatic carbocycles. The number of rotatable bonds is 7. The molecular formula is C21H24N3O4S+. The summed E-state index contributed by atoms with van der Waals surface area (Å²) in [6.07, 6.45) is 2.41. The highest BCUT2D eigenvalue weighted by molar-refractivity contribution is 7.12. The zero-order valence-electron chi connectivity index (χ0n) is 16.0. The maximum atomic E-state index is 13.1. The maximum Gasteiger partial charge on any atom is 0.290 e. The first-order valence-corrected chi connectivity index (χ1v) is 10.7. The van der Waals surface area contributed by atoms with Crippen LogP contribution in [-0.2, 0) is 9.53 Å². The van der Waals surface area contributed by atoms with Gasteiger partial charge in [0.15, 0.2) is 5.76 Å². The van der Waals surface area contributed by atoms with Gasteiger partial charge in [0.2, 0.25) is 5.78 Å². The molecule has 0 unspecified atom stereocenters. The van der Waals surface area contributed by atoms with Crippen LogP contribution in [0.15, 0.2) is 53.2 Å². The van der Waals surface area contributed by atoms with Gasteiger partial charge in [-0.15, -0.1) is 11.3 Å². The zero-order chi connectivity index (χ0) is 20.2. The number of carbonyl (C=O) groups excluding carboxylic acids is 2. The van der Waals surface area contributed by atoms with Crippen molar-refractivity contribution < 1.29 is 24.3 Å². The van der Waals surface area contributed by atoms with E-state index in [1.54, 1.807) is 40.7 Å². The summed E-state index contributed by atoms with van der Waals surface area (Å²) in [4.78, 5) is 33.9. The Labute approximate surface area is 173 Å². The Morgan fingerprint density at radius 1 is 1.28 bits per heavy atom. The third-order valence-electron chi connectivity index (χ3n) is 5.39. The SMILES string of the molecule is O=C(C1=C(O)C(=O)N(CCC[NH+]2CCOCC2)[C@H]1c1ccccn1)c1cccs1. The van der Waals surface area contributed by atoms with E-state index in [1.165, 1.54) is 16.2 Å². The number of morpholine rings is 1. The zero-order valence-corrected chi connectivity index (χ0v) is 16.9. The standard InChI is InChI=1S/C21H23N3O4S/c25-19(16-6-3-14-29-16)17-18(15-5-1-2-7-22-15)24(21(27)20(17)26)9-4-8-23-10-12-28-13-11-23/h1-3,5-7,14,18,26H,4,8-13H2/p+1/t18-/m0/s1. The highest BCUT2D eigenvalue weighted by Crippen LogP contribution is 2.38. The Kier molecular flexibility index (Phi) is 6.03. The van der Waals surface area contributed by atoms with E-state index in [0.29, 0.717) is 17.1 Å². The van der Waals surface area contributed by atoms with Crippen molar-refractivity contribution in [2.75, 3.05) is 39.4 Å². The number of hydrogen-bond acceptors (Lipinski definition) is 6. The van der Waals surface area contributed by atoms with Gasteiger partial charge in [-0.1, -0.05) is 12.1 Å². The average Bonchev–Trinajstić information content (AvgIpc) is 3.38. The summed E-state index contributed by atoms with van der Waals surface area (Å²) in [6, 6.07) is 8.22. The molecule has 152 valence electrons. The first-order valence-electron chi connectivity index (χ1n) is 9.81. The molecule has 2 aromatic heterocycles. The largest absolute Gasteiger partial charge is 0.503 e. The lowest BCUT2D eigenvalue weighted by Gasteiger charge is -2.28. The molecule has 1 fully saturated rings. The van der Waals surface area contributed by atoms with Crippen LogP contribution in [0.1, 0.15) is 27.8 Å². The molecule has 2 aliphatic rings. The fourth-order valence-electron chi connectivity index (χ4n) is 3.91. The molecule has 2 N–H and O–H groups in total. The number of Topliss-reactive ketones (excluding diaryl/α,β-unsaturated/α-hetero) is 1. The van der Waals surface area contributed by atoms with Crippen LogP contribution in [0.5, 0.6) is 0 Å². The molecule has 4 rings (SSSR count). The monoisotopic (exact) mass is 414 g/mol. The molecule has 0 bridgehead atoms. The molecule has 8 heteroatoms. The molecule has 0 aromatic carbocycles. The van der Waals surface area contributed by atoms with Crippen LogP contribution in [0, 0.1) is 0 Å². The second-order valence-electron chi connectivity index (χ2n) is 7.19. The Hall–Kier alpha value is -2.55. The van der Waals surface area contributed by atoms with Crippen LogP contribution in [0.4, 0.5) is 0 Å². The molecule has 7 nitrogen and oxygen atoms in total. The molecule has 4 heterocycles. The van der Waals surface area contributed by atoms with Crippen LogP contribution in [-0.4, -0.2) is 66.1 Å². The molecule has 1 amide bonds. The quantitative estimate of drug-likeness (QED) is 0.661. The van der Waals surface area contributed by atoms with E-state index in [-0.39, 0.29) is 11.4 Å².